The van der Waals surface area contributed by atoms with E-state index in [4.69, 9.17) is 23.2 Å². The van der Waals surface area contributed by atoms with E-state index in [9.17, 15) is 18.0 Å². The minimum absolute atomic E-state index is 0.0645. The first-order chi connectivity index (χ1) is 18.3. The molecule has 11 heteroatoms. The van der Waals surface area contributed by atoms with Gasteiger partial charge in [0.25, 0.3) is 0 Å². The lowest BCUT2D eigenvalue weighted by Crippen LogP contribution is -2.54. The molecule has 0 aromatic heterocycles. The molecule has 2 aromatic carbocycles. The fourth-order valence-electron chi connectivity index (χ4n) is 4.81. The summed E-state index contributed by atoms with van der Waals surface area (Å²) in [6.07, 6.45) is 4.28. The minimum Gasteiger partial charge on any atom is -0.352 e. The Morgan fingerprint density at radius 1 is 1.03 bits per heavy atom. The first-order valence-corrected chi connectivity index (χ1v) is 15.3. The van der Waals surface area contributed by atoms with Gasteiger partial charge in [-0.05, 0) is 68.0 Å². The zero-order valence-corrected chi connectivity index (χ0v) is 25.5. The number of halogens is 2. The SMILES string of the molecule is CC[C@H](C(=O)NC1CCCC1)N(Cc1ccc(Cl)c(Cl)c1)C(=O)CN(c1cc(C)ccc1C)S(=O)(=O)N(C)C. The van der Waals surface area contributed by atoms with E-state index < -0.39 is 28.7 Å². The molecule has 1 saturated carbocycles. The number of hydrogen-bond donors (Lipinski definition) is 1. The predicted octanol–water partition coefficient (Wildman–Crippen LogP) is 5.09. The molecule has 2 aromatic rings. The maximum absolute atomic E-state index is 14.1. The molecule has 0 saturated heterocycles. The molecule has 214 valence electrons. The van der Waals surface area contributed by atoms with Gasteiger partial charge < -0.3 is 10.2 Å². The van der Waals surface area contributed by atoms with Gasteiger partial charge in [0.05, 0.1) is 15.7 Å². The largest absolute Gasteiger partial charge is 0.352 e. The zero-order chi connectivity index (χ0) is 28.9. The summed E-state index contributed by atoms with van der Waals surface area (Å²) in [7, 11) is -1.18. The summed E-state index contributed by atoms with van der Waals surface area (Å²) in [5, 5.41) is 3.81. The van der Waals surface area contributed by atoms with Gasteiger partial charge in [0.1, 0.15) is 12.6 Å². The van der Waals surface area contributed by atoms with Crippen LogP contribution in [0.4, 0.5) is 5.69 Å². The van der Waals surface area contributed by atoms with Gasteiger partial charge in [-0.2, -0.15) is 12.7 Å². The van der Waals surface area contributed by atoms with Crippen LogP contribution in [0, 0.1) is 13.8 Å². The second-order valence-corrected chi connectivity index (χ2v) is 13.2. The average molecular weight is 598 g/mol. The molecule has 0 heterocycles. The van der Waals surface area contributed by atoms with Gasteiger partial charge in [0, 0.05) is 26.7 Å². The van der Waals surface area contributed by atoms with Gasteiger partial charge >= 0.3 is 10.2 Å². The highest BCUT2D eigenvalue weighted by Gasteiger charge is 2.35. The Balaban J connectivity index is 2.02. The van der Waals surface area contributed by atoms with Crippen molar-refractivity contribution >= 4 is 50.9 Å². The number of amides is 2. The lowest BCUT2D eigenvalue weighted by atomic mass is 10.1. The number of rotatable bonds is 11. The lowest BCUT2D eigenvalue weighted by molar-refractivity contribution is -0.140. The smallest absolute Gasteiger partial charge is 0.304 e. The van der Waals surface area contributed by atoms with Crippen LogP contribution in [0.2, 0.25) is 10.0 Å². The van der Waals surface area contributed by atoms with Gasteiger partial charge in [-0.15, -0.1) is 0 Å². The normalized spacial score (nSPS) is 14.9. The van der Waals surface area contributed by atoms with Gasteiger partial charge in [-0.25, -0.2) is 4.31 Å². The van der Waals surface area contributed by atoms with E-state index in [2.05, 4.69) is 5.32 Å². The topological polar surface area (TPSA) is 90.0 Å². The van der Waals surface area contributed by atoms with Crippen LogP contribution >= 0.6 is 23.2 Å². The zero-order valence-electron chi connectivity index (χ0n) is 23.2. The van der Waals surface area contributed by atoms with Gasteiger partial charge in [0.2, 0.25) is 11.8 Å². The Bertz CT molecular complexity index is 1300. The number of carbonyl (C=O) groups excluding carboxylic acids is 2. The first kappa shape index (κ1) is 31.2. The molecule has 1 aliphatic rings. The van der Waals surface area contributed by atoms with E-state index in [1.165, 1.54) is 19.0 Å². The molecule has 3 rings (SSSR count). The Hall–Kier alpha value is -2.33. The molecule has 39 heavy (non-hydrogen) atoms. The Kier molecular flexibility index (Phi) is 10.7. The van der Waals surface area contributed by atoms with Crippen molar-refractivity contribution in [1.82, 2.24) is 14.5 Å². The van der Waals surface area contributed by atoms with Crippen LogP contribution in [0.25, 0.3) is 0 Å². The molecular weight excluding hydrogens is 559 g/mol. The number of hydrogen-bond acceptors (Lipinski definition) is 4. The molecule has 1 fully saturated rings. The van der Waals surface area contributed by atoms with Crippen LogP contribution in [-0.2, 0) is 26.3 Å². The summed E-state index contributed by atoms with van der Waals surface area (Å²) in [5.41, 5.74) is 2.66. The highest BCUT2D eigenvalue weighted by molar-refractivity contribution is 7.90. The summed E-state index contributed by atoms with van der Waals surface area (Å²) < 4.78 is 29.1. The highest BCUT2D eigenvalue weighted by Crippen LogP contribution is 2.28. The maximum atomic E-state index is 14.1. The first-order valence-electron chi connectivity index (χ1n) is 13.2. The fourth-order valence-corrected chi connectivity index (χ4v) is 6.25. The molecular formula is C28H38Cl2N4O4S. The molecule has 0 radical (unpaired) electrons. The fraction of sp³-hybridized carbons (Fsp3) is 0.500. The van der Waals surface area contributed by atoms with Crippen molar-refractivity contribution in [3.8, 4) is 0 Å². The van der Waals surface area contributed by atoms with Gasteiger partial charge in [-0.1, -0.05) is 61.2 Å². The summed E-state index contributed by atoms with van der Waals surface area (Å²) in [6.45, 7) is 5.10. The lowest BCUT2D eigenvalue weighted by Gasteiger charge is -2.34. The Morgan fingerprint density at radius 2 is 1.69 bits per heavy atom. The summed E-state index contributed by atoms with van der Waals surface area (Å²) >= 11 is 12.4. The second kappa shape index (κ2) is 13.4. The Morgan fingerprint density at radius 3 is 2.28 bits per heavy atom. The van der Waals surface area contributed by atoms with Crippen LogP contribution < -0.4 is 9.62 Å². The quantitative estimate of drug-likeness (QED) is 0.391. The number of carbonyl (C=O) groups is 2. The summed E-state index contributed by atoms with van der Waals surface area (Å²) in [6, 6.07) is 9.78. The number of aryl methyl sites for hydroxylation is 2. The van der Waals surface area contributed by atoms with Gasteiger partial charge in [-0.3, -0.25) is 9.59 Å². The maximum Gasteiger partial charge on any atom is 0.304 e. The van der Waals surface area contributed by atoms with Crippen molar-refractivity contribution < 1.29 is 18.0 Å². The van der Waals surface area contributed by atoms with Gasteiger partial charge in [0.15, 0.2) is 0 Å². The number of nitrogens with zero attached hydrogens (tertiary/aromatic N) is 3. The van der Waals surface area contributed by atoms with E-state index in [1.54, 1.807) is 31.2 Å². The highest BCUT2D eigenvalue weighted by atomic mass is 35.5. The third-order valence-electron chi connectivity index (χ3n) is 7.08. The molecule has 0 spiro atoms. The van der Waals surface area contributed by atoms with E-state index in [0.29, 0.717) is 33.3 Å². The third kappa shape index (κ3) is 7.66. The van der Waals surface area contributed by atoms with Crippen LogP contribution in [0.5, 0.6) is 0 Å². The van der Waals surface area contributed by atoms with E-state index in [-0.39, 0.29) is 18.5 Å². The van der Waals surface area contributed by atoms with Crippen LogP contribution in [0.3, 0.4) is 0 Å². The molecule has 0 aliphatic heterocycles. The second-order valence-electron chi connectivity index (χ2n) is 10.3. The van der Waals surface area contributed by atoms with Crippen molar-refractivity contribution in [2.75, 3.05) is 24.9 Å². The van der Waals surface area contributed by atoms with E-state index in [1.807, 2.05) is 26.0 Å². The van der Waals surface area contributed by atoms with Crippen molar-refractivity contribution in [3.63, 3.8) is 0 Å². The van der Waals surface area contributed by atoms with E-state index >= 15 is 0 Å². The molecule has 0 unspecified atom stereocenters. The molecule has 1 aliphatic carbocycles. The monoisotopic (exact) mass is 596 g/mol. The third-order valence-corrected chi connectivity index (χ3v) is 9.62. The molecule has 1 N–H and O–H groups in total. The standard InChI is InChI=1S/C28H38Cl2N4O4S/c1-6-25(28(36)31-22-9-7-8-10-22)33(17-21-13-14-23(29)24(30)16-21)27(35)18-34(39(37,38)32(4)5)26-15-19(2)11-12-20(26)3/h11-16,22,25H,6-10,17-18H2,1-5H3,(H,31,36)/t25-/m1/s1. The number of anilines is 1. The van der Waals surface area contributed by atoms with Crippen LogP contribution in [0.1, 0.15) is 55.7 Å². The van der Waals surface area contributed by atoms with Crippen molar-refractivity contribution in [2.24, 2.45) is 0 Å². The molecule has 1 atom stereocenters. The van der Waals surface area contributed by atoms with E-state index in [0.717, 1.165) is 39.9 Å². The summed E-state index contributed by atoms with van der Waals surface area (Å²) in [5.74, 6) is -0.743. The predicted molar refractivity (Wildman–Crippen MR) is 157 cm³/mol. The summed E-state index contributed by atoms with van der Waals surface area (Å²) in [4.78, 5) is 29.0. The molecule has 8 nitrogen and oxygen atoms in total. The molecule has 2 amide bonds. The Labute approximate surface area is 242 Å². The van der Waals surface area contributed by atoms with Crippen molar-refractivity contribution in [1.29, 1.82) is 0 Å². The number of nitrogens with one attached hydrogen (secondary N) is 1. The van der Waals surface area contributed by atoms with Crippen LogP contribution in [-0.4, -0.2) is 62.2 Å². The number of benzene rings is 2. The van der Waals surface area contributed by atoms with Crippen molar-refractivity contribution in [2.45, 2.75) is 71.5 Å². The minimum atomic E-state index is -4.04. The van der Waals surface area contributed by atoms with Crippen LogP contribution in [0.15, 0.2) is 36.4 Å². The average Bonchev–Trinajstić information content (AvgIpc) is 3.38. The molecule has 0 bridgehead atoms. The van der Waals surface area contributed by atoms with Crippen molar-refractivity contribution in [3.05, 3.63) is 63.1 Å².